The lowest BCUT2D eigenvalue weighted by Gasteiger charge is -2.44. The van der Waals surface area contributed by atoms with Gasteiger partial charge in [0.15, 0.2) is 0 Å². The molecule has 6 heterocycles. The summed E-state index contributed by atoms with van der Waals surface area (Å²) in [6.07, 6.45) is 5.54. The topological polar surface area (TPSA) is 106 Å². The quantitative estimate of drug-likeness (QED) is 0.374. The minimum absolute atomic E-state index is 0.0588. The summed E-state index contributed by atoms with van der Waals surface area (Å²) < 4.78 is 37.7. The zero-order valence-corrected chi connectivity index (χ0v) is 33.2. The molecule has 14 heteroatoms. The molecule has 0 N–H and O–H groups in total. The van der Waals surface area contributed by atoms with Crippen LogP contribution in [0.1, 0.15) is 77.3 Å². The molecule has 2 aromatic rings. The molecule has 0 radical (unpaired) electrons. The van der Waals surface area contributed by atoms with Crippen LogP contribution in [0.2, 0.25) is 0 Å². The van der Waals surface area contributed by atoms with Gasteiger partial charge in [-0.05, 0) is 102 Å². The Morgan fingerprint density at radius 2 is 1.02 bits per heavy atom. The Kier molecular flexibility index (Phi) is 11.6. The van der Waals surface area contributed by atoms with Crippen LogP contribution in [0, 0.1) is 11.6 Å². The second-order valence-electron chi connectivity index (χ2n) is 16.6. The van der Waals surface area contributed by atoms with E-state index in [0.717, 1.165) is 87.2 Å². The number of fused-ring (bicyclic) bond motifs is 2. The third-order valence-corrected chi connectivity index (χ3v) is 13.0. The van der Waals surface area contributed by atoms with E-state index in [-0.39, 0.29) is 58.8 Å². The number of benzene rings is 2. The first kappa shape index (κ1) is 39.9. The fourth-order valence-corrected chi connectivity index (χ4v) is 9.86. The van der Waals surface area contributed by atoms with Crippen LogP contribution < -0.4 is 9.80 Å². The summed E-state index contributed by atoms with van der Waals surface area (Å²) >= 11 is 0. The molecular weight excluding hydrogens is 722 g/mol. The van der Waals surface area contributed by atoms with Crippen molar-refractivity contribution < 1.29 is 37.4 Å². The maximum Gasteiger partial charge on any atom is 0.409 e. The van der Waals surface area contributed by atoms with E-state index in [1.54, 1.807) is 21.9 Å². The maximum absolute atomic E-state index is 13.7. The summed E-state index contributed by atoms with van der Waals surface area (Å²) in [5.74, 6) is -0.457. The highest BCUT2D eigenvalue weighted by Crippen LogP contribution is 2.38. The predicted octanol–water partition coefficient (Wildman–Crippen LogP) is 5.60. The van der Waals surface area contributed by atoms with E-state index in [9.17, 15) is 28.0 Å². The number of amides is 4. The van der Waals surface area contributed by atoms with Crippen LogP contribution in [-0.2, 0) is 31.9 Å². The van der Waals surface area contributed by atoms with Gasteiger partial charge in [0.05, 0.1) is 37.4 Å². The fourth-order valence-electron chi connectivity index (χ4n) is 9.86. The lowest BCUT2D eigenvalue weighted by molar-refractivity contribution is -0.118. The van der Waals surface area contributed by atoms with Gasteiger partial charge in [-0.15, -0.1) is 0 Å². The first-order chi connectivity index (χ1) is 26.8. The van der Waals surface area contributed by atoms with Crippen LogP contribution in [0.3, 0.4) is 0 Å². The molecule has 0 aromatic heterocycles. The molecule has 6 aliphatic rings. The fraction of sp³-hybridized carbons (Fsp3) is 0.619. The van der Waals surface area contributed by atoms with Gasteiger partial charge in [0.25, 0.3) is 0 Å². The highest BCUT2D eigenvalue weighted by atomic mass is 19.1. The van der Waals surface area contributed by atoms with Gasteiger partial charge in [0, 0.05) is 75.5 Å². The van der Waals surface area contributed by atoms with Crippen molar-refractivity contribution in [3.8, 4) is 0 Å². The Morgan fingerprint density at radius 1 is 0.643 bits per heavy atom. The van der Waals surface area contributed by atoms with Crippen molar-refractivity contribution in [2.75, 3.05) is 75.4 Å². The summed E-state index contributed by atoms with van der Waals surface area (Å²) in [7, 11) is 0. The van der Waals surface area contributed by atoms with Gasteiger partial charge in [-0.2, -0.15) is 0 Å². The normalized spacial score (nSPS) is 26.0. The Labute approximate surface area is 328 Å². The predicted molar refractivity (Wildman–Crippen MR) is 208 cm³/mol. The van der Waals surface area contributed by atoms with Crippen molar-refractivity contribution in [3.05, 3.63) is 59.2 Å². The molecule has 4 fully saturated rings. The summed E-state index contributed by atoms with van der Waals surface area (Å²) in [6, 6.07) is 9.49. The van der Waals surface area contributed by atoms with E-state index in [2.05, 4.69) is 23.6 Å². The highest BCUT2D eigenvalue weighted by Gasteiger charge is 2.46. The van der Waals surface area contributed by atoms with E-state index >= 15 is 0 Å². The van der Waals surface area contributed by atoms with Gasteiger partial charge < -0.3 is 29.1 Å². The number of ether oxygens (including phenoxy) is 2. The minimum atomic E-state index is -0.298. The van der Waals surface area contributed by atoms with Crippen molar-refractivity contribution >= 4 is 35.4 Å². The van der Waals surface area contributed by atoms with Gasteiger partial charge in [0.2, 0.25) is 11.8 Å². The van der Waals surface area contributed by atoms with Crippen LogP contribution in [0.4, 0.5) is 29.7 Å². The first-order valence-corrected chi connectivity index (χ1v) is 20.4. The van der Waals surface area contributed by atoms with Crippen molar-refractivity contribution in [2.24, 2.45) is 0 Å². The van der Waals surface area contributed by atoms with Crippen molar-refractivity contribution in [3.63, 3.8) is 0 Å². The van der Waals surface area contributed by atoms with E-state index in [1.165, 1.54) is 24.3 Å². The number of hydrogen-bond donors (Lipinski definition) is 0. The van der Waals surface area contributed by atoms with Crippen molar-refractivity contribution in [1.29, 1.82) is 0 Å². The van der Waals surface area contributed by atoms with Crippen LogP contribution in [-0.4, -0.2) is 132 Å². The molecule has 4 saturated heterocycles. The average molecular weight is 779 g/mol. The third-order valence-electron chi connectivity index (χ3n) is 13.0. The Bertz CT molecular complexity index is 1690. The summed E-state index contributed by atoms with van der Waals surface area (Å²) in [4.78, 5) is 61.3. The highest BCUT2D eigenvalue weighted by molar-refractivity contribution is 6.02. The van der Waals surface area contributed by atoms with Gasteiger partial charge in [0.1, 0.15) is 11.6 Å². The van der Waals surface area contributed by atoms with E-state index in [1.807, 2.05) is 23.6 Å². The van der Waals surface area contributed by atoms with Crippen LogP contribution in [0.25, 0.3) is 0 Å². The number of carbonyl (C=O) groups is 4. The number of piperidine rings is 2. The van der Waals surface area contributed by atoms with E-state index in [0.29, 0.717) is 52.2 Å². The average Bonchev–Trinajstić information content (AvgIpc) is 3.95. The zero-order valence-electron chi connectivity index (χ0n) is 33.2. The number of carbonyl (C=O) groups excluding carboxylic acids is 4. The number of anilines is 2. The molecule has 0 aliphatic carbocycles. The minimum Gasteiger partial charge on any atom is -0.450 e. The molecule has 0 spiro atoms. The van der Waals surface area contributed by atoms with Gasteiger partial charge in [-0.1, -0.05) is 12.1 Å². The SMILES string of the molecule is CCOC(=O)N1CCC(C)(N2CCC(N3C(=O)Cc4ccc(F)cc43)CC2)C1.CCOC(=O)N1CCC(C)(N2CCC(N3C(=O)Cc4ccc(F)cc43)CC2)C1. The largest absolute Gasteiger partial charge is 0.450 e. The van der Waals surface area contributed by atoms with Crippen molar-refractivity contribution in [2.45, 2.75) is 102 Å². The second kappa shape index (κ2) is 16.3. The smallest absolute Gasteiger partial charge is 0.409 e. The monoisotopic (exact) mass is 778 g/mol. The van der Waals surface area contributed by atoms with Gasteiger partial charge >= 0.3 is 12.2 Å². The second-order valence-corrected chi connectivity index (χ2v) is 16.6. The molecule has 8 rings (SSSR count). The number of nitrogens with zero attached hydrogens (tertiary/aromatic N) is 6. The van der Waals surface area contributed by atoms with Gasteiger partial charge in [-0.25, -0.2) is 18.4 Å². The molecule has 2 atom stereocenters. The molecule has 2 aromatic carbocycles. The number of hydrogen-bond acceptors (Lipinski definition) is 8. The summed E-state index contributed by atoms with van der Waals surface area (Å²) in [5.41, 5.74) is 3.20. The number of likely N-dealkylation sites (tertiary alicyclic amines) is 4. The molecule has 56 heavy (non-hydrogen) atoms. The lowest BCUT2D eigenvalue weighted by atomic mass is 9.93. The molecule has 304 valence electrons. The zero-order chi connectivity index (χ0) is 39.8. The Balaban J connectivity index is 0.000000172. The first-order valence-electron chi connectivity index (χ1n) is 20.4. The Hall–Kier alpha value is -4.30. The lowest BCUT2D eigenvalue weighted by Crippen LogP contribution is -2.55. The standard InChI is InChI=1S/2C21H28FN3O3/c2*1-3-28-20(27)23-11-8-21(2,14-23)24-9-6-17(7-10-24)25-18-13-16(22)5-4-15(18)12-19(25)26/h2*4-5,13,17H,3,6-12,14H2,1-2H3. The maximum atomic E-state index is 13.7. The molecule has 0 saturated carbocycles. The van der Waals surface area contributed by atoms with Crippen LogP contribution in [0.5, 0.6) is 0 Å². The molecular formula is C42H56F2N6O6. The van der Waals surface area contributed by atoms with Crippen LogP contribution in [0.15, 0.2) is 36.4 Å². The van der Waals surface area contributed by atoms with E-state index in [4.69, 9.17) is 9.47 Å². The van der Waals surface area contributed by atoms with Crippen molar-refractivity contribution in [1.82, 2.24) is 19.6 Å². The third kappa shape index (κ3) is 7.96. The summed E-state index contributed by atoms with van der Waals surface area (Å²) in [5, 5.41) is 0. The van der Waals surface area contributed by atoms with Gasteiger partial charge in [-0.3, -0.25) is 19.4 Å². The van der Waals surface area contributed by atoms with E-state index < -0.39 is 0 Å². The molecule has 2 unspecified atom stereocenters. The number of rotatable bonds is 6. The molecule has 12 nitrogen and oxygen atoms in total. The molecule has 0 bridgehead atoms. The summed E-state index contributed by atoms with van der Waals surface area (Å²) in [6.45, 7) is 15.1. The molecule has 4 amide bonds. The van der Waals surface area contributed by atoms with Crippen LogP contribution >= 0.6 is 0 Å². The molecule has 6 aliphatic heterocycles. The number of halogens is 2. The Morgan fingerprint density at radius 3 is 1.38 bits per heavy atom.